The van der Waals surface area contributed by atoms with Crippen molar-refractivity contribution in [2.75, 3.05) is 24.1 Å². The van der Waals surface area contributed by atoms with Gasteiger partial charge in [-0.3, -0.25) is 4.79 Å². The number of anilines is 2. The lowest BCUT2D eigenvalue weighted by Crippen LogP contribution is -2.22. The molecule has 5 nitrogen and oxygen atoms in total. The second-order valence-corrected chi connectivity index (χ2v) is 4.42. The molecule has 4 N–H and O–H groups in total. The van der Waals surface area contributed by atoms with Crippen molar-refractivity contribution in [3.63, 3.8) is 0 Å². The summed E-state index contributed by atoms with van der Waals surface area (Å²) in [7, 11) is 0. The maximum Gasteiger partial charge on any atom is 0.251 e. The minimum absolute atomic E-state index is 0.0958. The first-order valence-electron chi connectivity index (χ1n) is 6.64. The number of amides is 1. The van der Waals surface area contributed by atoms with Gasteiger partial charge < -0.3 is 20.8 Å². The fraction of sp³-hybridized carbons (Fsp3) is 0.267. The van der Waals surface area contributed by atoms with Gasteiger partial charge in [-0.25, -0.2) is 0 Å². The molecular formula is C15H19N3O2. The lowest BCUT2D eigenvalue weighted by molar-refractivity contribution is 0.0956. The molecule has 0 bridgehead atoms. The average molecular weight is 273 g/mol. The van der Waals surface area contributed by atoms with Crippen LogP contribution in [-0.2, 0) is 6.42 Å². The molecule has 0 radical (unpaired) electrons. The standard InChI is InChI=1S/C15H19N3O2/c1-2-17-15(19)11-5-6-13(16)14(10-11)18-8-7-12-4-3-9-20-12/h3-6,9-10,18H,2,7-8,16H2,1H3,(H,17,19). The first kappa shape index (κ1) is 14.0. The van der Waals surface area contributed by atoms with Gasteiger partial charge in [-0.05, 0) is 37.3 Å². The zero-order valence-corrected chi connectivity index (χ0v) is 11.5. The van der Waals surface area contributed by atoms with Crippen molar-refractivity contribution in [3.8, 4) is 0 Å². The van der Waals surface area contributed by atoms with Crippen LogP contribution in [0.2, 0.25) is 0 Å². The van der Waals surface area contributed by atoms with E-state index in [1.807, 2.05) is 19.1 Å². The molecule has 0 aliphatic rings. The second kappa shape index (κ2) is 6.65. The smallest absolute Gasteiger partial charge is 0.251 e. The maximum atomic E-state index is 11.8. The third-order valence-electron chi connectivity index (χ3n) is 2.92. The van der Waals surface area contributed by atoms with Crippen LogP contribution in [0.1, 0.15) is 23.0 Å². The maximum absolute atomic E-state index is 11.8. The second-order valence-electron chi connectivity index (χ2n) is 4.42. The van der Waals surface area contributed by atoms with Gasteiger partial charge in [0.15, 0.2) is 0 Å². The van der Waals surface area contributed by atoms with Crippen LogP contribution in [0.5, 0.6) is 0 Å². The Labute approximate surface area is 118 Å². The highest BCUT2D eigenvalue weighted by molar-refractivity contribution is 5.96. The van der Waals surface area contributed by atoms with Gasteiger partial charge in [-0.1, -0.05) is 0 Å². The van der Waals surface area contributed by atoms with Crippen molar-refractivity contribution in [2.45, 2.75) is 13.3 Å². The number of carbonyl (C=O) groups is 1. The van der Waals surface area contributed by atoms with E-state index in [1.165, 1.54) is 0 Å². The Morgan fingerprint density at radius 2 is 2.20 bits per heavy atom. The van der Waals surface area contributed by atoms with Gasteiger partial charge in [-0.15, -0.1) is 0 Å². The van der Waals surface area contributed by atoms with Gasteiger partial charge >= 0.3 is 0 Å². The van der Waals surface area contributed by atoms with Crippen LogP contribution in [0.3, 0.4) is 0 Å². The minimum atomic E-state index is -0.0958. The monoisotopic (exact) mass is 273 g/mol. The van der Waals surface area contributed by atoms with Gasteiger partial charge in [0, 0.05) is 25.1 Å². The highest BCUT2D eigenvalue weighted by Crippen LogP contribution is 2.20. The number of benzene rings is 1. The van der Waals surface area contributed by atoms with Crippen molar-refractivity contribution < 1.29 is 9.21 Å². The number of hydrogen-bond acceptors (Lipinski definition) is 4. The van der Waals surface area contributed by atoms with Gasteiger partial charge in [-0.2, -0.15) is 0 Å². The van der Waals surface area contributed by atoms with Gasteiger partial charge in [0.2, 0.25) is 0 Å². The predicted octanol–water partition coefficient (Wildman–Crippen LogP) is 2.27. The summed E-state index contributed by atoms with van der Waals surface area (Å²) in [5, 5.41) is 5.99. The Morgan fingerprint density at radius 3 is 2.90 bits per heavy atom. The average Bonchev–Trinajstić information content (AvgIpc) is 2.94. The molecule has 20 heavy (non-hydrogen) atoms. The molecule has 106 valence electrons. The van der Waals surface area contributed by atoms with Crippen LogP contribution in [-0.4, -0.2) is 19.0 Å². The van der Waals surface area contributed by atoms with Crippen molar-refractivity contribution in [1.29, 1.82) is 0 Å². The van der Waals surface area contributed by atoms with E-state index in [0.29, 0.717) is 24.3 Å². The molecule has 0 spiro atoms. The Bertz CT molecular complexity index is 565. The Hall–Kier alpha value is -2.43. The van der Waals surface area contributed by atoms with Crippen molar-refractivity contribution in [1.82, 2.24) is 5.32 Å². The van der Waals surface area contributed by atoms with Gasteiger partial charge in [0.25, 0.3) is 5.91 Å². The predicted molar refractivity (Wildman–Crippen MR) is 79.8 cm³/mol. The Kier molecular flexibility index (Phi) is 4.65. The number of nitrogens with one attached hydrogen (secondary N) is 2. The Morgan fingerprint density at radius 1 is 1.35 bits per heavy atom. The first-order chi connectivity index (χ1) is 9.70. The van der Waals surface area contributed by atoms with Gasteiger partial charge in [0.05, 0.1) is 17.6 Å². The number of furan rings is 1. The first-order valence-corrected chi connectivity index (χ1v) is 6.64. The molecule has 1 amide bonds. The molecule has 2 aromatic rings. The highest BCUT2D eigenvalue weighted by atomic mass is 16.3. The SMILES string of the molecule is CCNC(=O)c1ccc(N)c(NCCc2ccco2)c1. The topological polar surface area (TPSA) is 80.3 Å². The summed E-state index contributed by atoms with van der Waals surface area (Å²) in [4.78, 5) is 11.8. The van der Waals surface area contributed by atoms with E-state index in [-0.39, 0.29) is 5.91 Å². The molecule has 0 aliphatic heterocycles. The van der Waals surface area contributed by atoms with Crippen LogP contribution >= 0.6 is 0 Å². The van der Waals surface area contributed by atoms with E-state index in [4.69, 9.17) is 10.2 Å². The quantitative estimate of drug-likeness (QED) is 0.705. The summed E-state index contributed by atoms with van der Waals surface area (Å²) < 4.78 is 5.26. The van der Waals surface area contributed by atoms with E-state index in [9.17, 15) is 4.79 Å². The van der Waals surface area contributed by atoms with Crippen molar-refractivity contribution in [2.24, 2.45) is 0 Å². The molecule has 2 rings (SSSR count). The normalized spacial score (nSPS) is 10.2. The van der Waals surface area contributed by atoms with E-state index >= 15 is 0 Å². The summed E-state index contributed by atoms with van der Waals surface area (Å²) in [6.45, 7) is 3.18. The lowest BCUT2D eigenvalue weighted by atomic mass is 10.1. The van der Waals surface area contributed by atoms with Crippen LogP contribution in [0.15, 0.2) is 41.0 Å². The van der Waals surface area contributed by atoms with E-state index in [0.717, 1.165) is 17.9 Å². The largest absolute Gasteiger partial charge is 0.469 e. The highest BCUT2D eigenvalue weighted by Gasteiger charge is 2.07. The van der Waals surface area contributed by atoms with Crippen molar-refractivity contribution in [3.05, 3.63) is 47.9 Å². The molecule has 0 saturated heterocycles. The molecule has 1 aromatic carbocycles. The number of carbonyl (C=O) groups excluding carboxylic acids is 1. The van der Waals surface area contributed by atoms with Gasteiger partial charge in [0.1, 0.15) is 5.76 Å². The number of hydrogen-bond donors (Lipinski definition) is 3. The third kappa shape index (κ3) is 3.54. The molecule has 1 heterocycles. The molecular weight excluding hydrogens is 254 g/mol. The summed E-state index contributed by atoms with van der Waals surface area (Å²) in [6, 6.07) is 9.01. The van der Waals surface area contributed by atoms with Crippen LogP contribution < -0.4 is 16.4 Å². The fourth-order valence-corrected chi connectivity index (χ4v) is 1.89. The molecule has 1 aromatic heterocycles. The molecule has 0 unspecified atom stereocenters. The van der Waals surface area contributed by atoms with E-state index in [2.05, 4.69) is 10.6 Å². The third-order valence-corrected chi connectivity index (χ3v) is 2.92. The fourth-order valence-electron chi connectivity index (χ4n) is 1.89. The summed E-state index contributed by atoms with van der Waals surface area (Å²) in [5.74, 6) is 0.817. The number of nitrogen functional groups attached to an aromatic ring is 1. The molecule has 0 fully saturated rings. The minimum Gasteiger partial charge on any atom is -0.469 e. The summed E-state index contributed by atoms with van der Waals surface area (Å²) >= 11 is 0. The van der Waals surface area contributed by atoms with E-state index < -0.39 is 0 Å². The van der Waals surface area contributed by atoms with Crippen LogP contribution in [0, 0.1) is 0 Å². The summed E-state index contributed by atoms with van der Waals surface area (Å²) in [5.41, 5.74) is 7.89. The zero-order chi connectivity index (χ0) is 14.4. The van der Waals surface area contributed by atoms with Crippen LogP contribution in [0.4, 0.5) is 11.4 Å². The number of nitrogens with two attached hydrogens (primary N) is 1. The van der Waals surface area contributed by atoms with E-state index in [1.54, 1.807) is 24.5 Å². The lowest BCUT2D eigenvalue weighted by Gasteiger charge is -2.10. The summed E-state index contributed by atoms with van der Waals surface area (Å²) in [6.07, 6.45) is 2.41. The Balaban J connectivity index is 1.99. The molecule has 0 aliphatic carbocycles. The zero-order valence-electron chi connectivity index (χ0n) is 11.5. The van der Waals surface area contributed by atoms with Crippen molar-refractivity contribution >= 4 is 17.3 Å². The molecule has 5 heteroatoms. The molecule has 0 atom stereocenters. The molecule has 0 saturated carbocycles. The van der Waals surface area contributed by atoms with Crippen LogP contribution in [0.25, 0.3) is 0 Å². The number of rotatable bonds is 6.